The number of aromatic nitrogens is 4. The molecule has 9 heteroatoms. The Bertz CT molecular complexity index is 1190. The molecule has 6 rings (SSSR count). The van der Waals surface area contributed by atoms with Gasteiger partial charge in [-0.1, -0.05) is 25.0 Å². The second-order valence-corrected chi connectivity index (χ2v) is 11.5. The van der Waals surface area contributed by atoms with Crippen molar-refractivity contribution in [2.24, 2.45) is 11.7 Å². The van der Waals surface area contributed by atoms with E-state index in [1.807, 2.05) is 6.33 Å². The van der Waals surface area contributed by atoms with Gasteiger partial charge in [-0.05, 0) is 81.4 Å². The standard InChI is InChI=1S/C29H42N8O/c1-38-25-12-6-20(7-13-25)18-21-14-16-36(17-15-21)35-27-26-28(37(19-31-26)24-4-2-3-5-24)34-29(33-27)32-23-10-8-22(30)9-11-23/h6-7,12-13,19,21-24H,2-5,8-11,14-18,30H2,1H3,(H2,32,33,34,35). The maximum Gasteiger partial charge on any atom is 0.227 e. The fourth-order valence-corrected chi connectivity index (χ4v) is 6.45. The number of hydrogen-bond donors (Lipinski definition) is 3. The van der Waals surface area contributed by atoms with E-state index in [-0.39, 0.29) is 0 Å². The van der Waals surface area contributed by atoms with Gasteiger partial charge in [0.1, 0.15) is 5.75 Å². The molecule has 1 saturated heterocycles. The second-order valence-electron chi connectivity index (χ2n) is 11.5. The van der Waals surface area contributed by atoms with Crippen molar-refractivity contribution in [3.05, 3.63) is 36.2 Å². The zero-order valence-electron chi connectivity index (χ0n) is 22.6. The molecule has 9 nitrogen and oxygen atoms in total. The molecule has 2 aromatic heterocycles. The van der Waals surface area contributed by atoms with Gasteiger partial charge in [-0.15, -0.1) is 0 Å². The van der Waals surface area contributed by atoms with Crippen molar-refractivity contribution in [1.82, 2.24) is 24.5 Å². The van der Waals surface area contributed by atoms with Crippen LogP contribution in [0.3, 0.4) is 0 Å². The summed E-state index contributed by atoms with van der Waals surface area (Å²) in [5.41, 5.74) is 13.0. The number of rotatable bonds is 8. The smallest absolute Gasteiger partial charge is 0.227 e. The van der Waals surface area contributed by atoms with Gasteiger partial charge in [-0.25, -0.2) is 9.99 Å². The molecule has 1 aromatic carbocycles. The molecule has 2 aliphatic carbocycles. The lowest BCUT2D eigenvalue weighted by Crippen LogP contribution is -2.39. The number of nitrogens with zero attached hydrogens (tertiary/aromatic N) is 5. The van der Waals surface area contributed by atoms with Crippen molar-refractivity contribution in [3.63, 3.8) is 0 Å². The summed E-state index contributed by atoms with van der Waals surface area (Å²) in [5.74, 6) is 3.12. The lowest BCUT2D eigenvalue weighted by Gasteiger charge is -2.32. The quantitative estimate of drug-likeness (QED) is 0.386. The maximum atomic E-state index is 6.14. The van der Waals surface area contributed by atoms with E-state index in [1.165, 1.54) is 31.2 Å². The van der Waals surface area contributed by atoms with Crippen molar-refractivity contribution in [1.29, 1.82) is 0 Å². The highest BCUT2D eigenvalue weighted by Gasteiger charge is 2.26. The van der Waals surface area contributed by atoms with Crippen LogP contribution in [0.25, 0.3) is 11.2 Å². The predicted molar refractivity (Wildman–Crippen MR) is 151 cm³/mol. The van der Waals surface area contributed by atoms with Gasteiger partial charge in [0.25, 0.3) is 0 Å². The molecule has 0 unspecified atom stereocenters. The van der Waals surface area contributed by atoms with Crippen LogP contribution in [0.4, 0.5) is 11.8 Å². The van der Waals surface area contributed by atoms with Crippen LogP contribution >= 0.6 is 0 Å². The molecule has 204 valence electrons. The Balaban J connectivity index is 1.16. The van der Waals surface area contributed by atoms with E-state index >= 15 is 0 Å². The number of methoxy groups -OCH3 is 1. The summed E-state index contributed by atoms with van der Waals surface area (Å²) in [6, 6.07) is 9.68. The molecule has 3 aliphatic rings. The third-order valence-corrected chi connectivity index (χ3v) is 8.81. The van der Waals surface area contributed by atoms with Gasteiger partial charge in [0.2, 0.25) is 5.95 Å². The first-order chi connectivity index (χ1) is 18.6. The van der Waals surface area contributed by atoms with Gasteiger partial charge in [-0.2, -0.15) is 9.97 Å². The van der Waals surface area contributed by atoms with Crippen molar-refractivity contribution < 1.29 is 4.74 Å². The van der Waals surface area contributed by atoms with Crippen molar-refractivity contribution >= 4 is 22.9 Å². The topological polar surface area (TPSA) is 106 Å². The summed E-state index contributed by atoms with van der Waals surface area (Å²) in [5, 5.41) is 5.94. The Labute approximate surface area is 225 Å². The van der Waals surface area contributed by atoms with Crippen LogP contribution in [0.5, 0.6) is 5.75 Å². The largest absolute Gasteiger partial charge is 0.497 e. The molecule has 0 bridgehead atoms. The predicted octanol–water partition coefficient (Wildman–Crippen LogP) is 4.91. The SMILES string of the molecule is COc1ccc(CC2CCN(Nc3nc(NC4CCC(N)CC4)nc4c3ncn4C3CCCC3)CC2)cc1. The zero-order valence-corrected chi connectivity index (χ0v) is 22.6. The van der Waals surface area contributed by atoms with E-state index in [0.717, 1.165) is 80.8 Å². The molecule has 2 saturated carbocycles. The Hall–Kier alpha value is -2.91. The summed E-state index contributed by atoms with van der Waals surface area (Å²) < 4.78 is 7.59. The highest BCUT2D eigenvalue weighted by molar-refractivity contribution is 5.84. The summed E-state index contributed by atoms with van der Waals surface area (Å²) in [4.78, 5) is 14.8. The molecule has 4 N–H and O–H groups in total. The molecule has 3 fully saturated rings. The molecule has 0 spiro atoms. The number of ether oxygens (including phenoxy) is 1. The number of fused-ring (bicyclic) bond motifs is 1. The van der Waals surface area contributed by atoms with E-state index in [2.05, 4.69) is 44.6 Å². The fourth-order valence-electron chi connectivity index (χ4n) is 6.45. The number of nitrogens with two attached hydrogens (primary N) is 1. The van der Waals surface area contributed by atoms with Crippen LogP contribution < -0.4 is 21.2 Å². The third-order valence-electron chi connectivity index (χ3n) is 8.81. The first kappa shape index (κ1) is 25.4. The van der Waals surface area contributed by atoms with Crippen LogP contribution in [-0.4, -0.2) is 56.8 Å². The average molecular weight is 519 g/mol. The second kappa shape index (κ2) is 11.5. The van der Waals surface area contributed by atoms with Gasteiger partial charge >= 0.3 is 0 Å². The first-order valence-electron chi connectivity index (χ1n) is 14.6. The van der Waals surface area contributed by atoms with Crippen molar-refractivity contribution in [2.75, 3.05) is 30.9 Å². The Morgan fingerprint density at radius 1 is 0.947 bits per heavy atom. The minimum Gasteiger partial charge on any atom is -0.497 e. The molecule has 0 atom stereocenters. The van der Waals surface area contributed by atoms with E-state index in [1.54, 1.807) is 7.11 Å². The van der Waals surface area contributed by atoms with Crippen LogP contribution in [-0.2, 0) is 6.42 Å². The number of nitrogens with one attached hydrogen (secondary N) is 2. The van der Waals surface area contributed by atoms with Crippen molar-refractivity contribution in [3.8, 4) is 5.75 Å². The average Bonchev–Trinajstić information content (AvgIpc) is 3.62. The molecule has 0 amide bonds. The highest BCUT2D eigenvalue weighted by atomic mass is 16.5. The lowest BCUT2D eigenvalue weighted by atomic mass is 9.91. The van der Waals surface area contributed by atoms with Crippen LogP contribution in [0.15, 0.2) is 30.6 Å². The van der Waals surface area contributed by atoms with Gasteiger partial charge in [-0.3, -0.25) is 0 Å². The minimum atomic E-state index is 0.324. The Morgan fingerprint density at radius 3 is 2.39 bits per heavy atom. The Kier molecular flexibility index (Phi) is 7.65. The minimum absolute atomic E-state index is 0.324. The summed E-state index contributed by atoms with van der Waals surface area (Å²) in [6.45, 7) is 1.97. The highest BCUT2D eigenvalue weighted by Crippen LogP contribution is 2.34. The summed E-state index contributed by atoms with van der Waals surface area (Å²) in [7, 11) is 1.72. The number of hydrazine groups is 1. The monoisotopic (exact) mass is 518 g/mol. The summed E-state index contributed by atoms with van der Waals surface area (Å²) >= 11 is 0. The van der Waals surface area contributed by atoms with Crippen molar-refractivity contribution in [2.45, 2.75) is 88.8 Å². The fraction of sp³-hybridized carbons (Fsp3) is 0.621. The molecule has 3 heterocycles. The number of imidazole rings is 1. The number of anilines is 2. The van der Waals surface area contributed by atoms with E-state index in [0.29, 0.717) is 30.0 Å². The summed E-state index contributed by atoms with van der Waals surface area (Å²) in [6.07, 6.45) is 14.6. The van der Waals surface area contributed by atoms with Crippen LogP contribution in [0, 0.1) is 5.92 Å². The van der Waals surface area contributed by atoms with Gasteiger partial charge in [0.05, 0.1) is 13.4 Å². The van der Waals surface area contributed by atoms with Crippen LogP contribution in [0.1, 0.15) is 75.8 Å². The Morgan fingerprint density at radius 2 is 1.68 bits per heavy atom. The number of piperidine rings is 1. The zero-order chi connectivity index (χ0) is 25.9. The van der Waals surface area contributed by atoms with Crippen LogP contribution in [0.2, 0.25) is 0 Å². The van der Waals surface area contributed by atoms with E-state index < -0.39 is 0 Å². The molecule has 0 radical (unpaired) electrons. The van der Waals surface area contributed by atoms with Gasteiger partial charge in [0, 0.05) is 31.2 Å². The first-order valence-corrected chi connectivity index (χ1v) is 14.6. The van der Waals surface area contributed by atoms with E-state index in [9.17, 15) is 0 Å². The maximum absolute atomic E-state index is 6.14. The third kappa shape index (κ3) is 5.73. The van der Waals surface area contributed by atoms with E-state index in [4.69, 9.17) is 25.4 Å². The molecular weight excluding hydrogens is 476 g/mol. The van der Waals surface area contributed by atoms with Gasteiger partial charge in [0.15, 0.2) is 17.0 Å². The lowest BCUT2D eigenvalue weighted by molar-refractivity contribution is 0.216. The van der Waals surface area contributed by atoms with Gasteiger partial charge < -0.3 is 25.8 Å². The number of hydrogen-bond acceptors (Lipinski definition) is 8. The molecule has 1 aliphatic heterocycles. The molecule has 38 heavy (non-hydrogen) atoms. The molecular formula is C29H42N8O. The molecule has 3 aromatic rings. The number of benzene rings is 1. The normalized spacial score (nSPS) is 23.6.